The maximum atomic E-state index is 13.8. The van der Waals surface area contributed by atoms with Gasteiger partial charge in [0, 0.05) is 18.0 Å². The van der Waals surface area contributed by atoms with E-state index in [9.17, 15) is 53.8 Å². The van der Waals surface area contributed by atoms with E-state index in [0.29, 0.717) is 37.5 Å². The fourth-order valence-corrected chi connectivity index (χ4v) is 7.41. The molecular formula is C28H30F7N3O6S. The number of carbonyl (C=O) groups excluding carboxylic acids is 2. The average Bonchev–Trinajstić information content (AvgIpc) is 3.36. The molecule has 45 heavy (non-hydrogen) atoms. The largest absolute Gasteiger partial charge is 0.450 e. The molecule has 1 aliphatic heterocycles. The number of benzene rings is 2. The first-order chi connectivity index (χ1) is 20.9. The van der Waals surface area contributed by atoms with Crippen LogP contribution < -0.4 is 14.9 Å². The van der Waals surface area contributed by atoms with E-state index in [2.05, 4.69) is 10.6 Å². The van der Waals surface area contributed by atoms with E-state index < -0.39 is 80.8 Å². The molecule has 1 saturated carbocycles. The summed E-state index contributed by atoms with van der Waals surface area (Å²) in [6, 6.07) is 2.95. The smallest absolute Gasteiger partial charge is 0.430 e. The second-order valence-corrected chi connectivity index (χ2v) is 12.6. The van der Waals surface area contributed by atoms with Crippen molar-refractivity contribution in [3.05, 3.63) is 59.4 Å². The Kier molecular flexibility index (Phi) is 9.64. The van der Waals surface area contributed by atoms with Crippen LogP contribution in [-0.2, 0) is 31.6 Å². The Morgan fingerprint density at radius 2 is 1.56 bits per heavy atom. The van der Waals surface area contributed by atoms with Gasteiger partial charge in [-0.15, -0.1) is 0 Å². The second-order valence-electron chi connectivity index (χ2n) is 10.8. The molecule has 0 aromatic heterocycles. The molecule has 1 aliphatic carbocycles. The SMILES string of the molecule is CCOC(=O)N[C@@H]1CCC[C@H]1NC(=O)C[C@@H]1CCc2cc(C(O)(C(F)(F)F)C(F)(F)F)ccc2N1S(=O)(=O)c1ccc(F)cc1. The Bertz CT molecular complexity index is 1500. The van der Waals surface area contributed by atoms with E-state index >= 15 is 0 Å². The van der Waals surface area contributed by atoms with Crippen LogP contribution in [0.4, 0.5) is 41.2 Å². The molecule has 2 aliphatic rings. The van der Waals surface area contributed by atoms with Crippen LogP contribution in [0, 0.1) is 5.82 Å². The van der Waals surface area contributed by atoms with Crippen LogP contribution in [0.15, 0.2) is 47.4 Å². The van der Waals surface area contributed by atoms with Crippen LogP contribution in [0.25, 0.3) is 0 Å². The molecule has 2 amide bonds. The first-order valence-corrected chi connectivity index (χ1v) is 15.4. The van der Waals surface area contributed by atoms with E-state index in [1.807, 2.05) is 0 Å². The summed E-state index contributed by atoms with van der Waals surface area (Å²) in [6.07, 6.45) is -12.2. The Morgan fingerprint density at radius 3 is 2.13 bits per heavy atom. The standard InChI is InChI=1S/C28H30F7N3O6S/c1-2-44-25(40)37-22-5-3-4-21(22)36-24(39)15-19-10-6-16-14-17(26(41,27(30,31)32)28(33,34)35)7-13-23(16)38(19)45(42,43)20-11-8-18(29)9-12-20/h7-9,11-14,19,21-22,41H,2-6,10,15H2,1H3,(H,36,39)(H,37,40)/t19-,21+,22+/m0/s1. The zero-order valence-electron chi connectivity index (χ0n) is 23.7. The van der Waals surface area contributed by atoms with E-state index in [1.54, 1.807) is 6.92 Å². The van der Waals surface area contributed by atoms with E-state index in [-0.39, 0.29) is 30.7 Å². The molecule has 17 heteroatoms. The van der Waals surface area contributed by atoms with E-state index in [4.69, 9.17) is 4.74 Å². The van der Waals surface area contributed by atoms with Crippen molar-refractivity contribution >= 4 is 27.7 Å². The van der Waals surface area contributed by atoms with Crippen molar-refractivity contribution in [3.8, 4) is 0 Å². The number of rotatable bonds is 8. The van der Waals surface area contributed by atoms with Crippen LogP contribution in [0.5, 0.6) is 0 Å². The summed E-state index contributed by atoms with van der Waals surface area (Å²) in [5.41, 5.74) is -7.35. The molecule has 4 rings (SSSR count). The highest BCUT2D eigenvalue weighted by molar-refractivity contribution is 7.92. The van der Waals surface area contributed by atoms with Crippen molar-refractivity contribution < 1.29 is 58.6 Å². The van der Waals surface area contributed by atoms with Crippen molar-refractivity contribution in [2.75, 3.05) is 10.9 Å². The molecule has 0 bridgehead atoms. The third-order valence-corrected chi connectivity index (χ3v) is 9.75. The quantitative estimate of drug-likeness (QED) is 0.347. The van der Waals surface area contributed by atoms with Gasteiger partial charge in [0.1, 0.15) is 5.82 Å². The number of anilines is 1. The van der Waals surface area contributed by atoms with Gasteiger partial charge in [-0.2, -0.15) is 26.3 Å². The monoisotopic (exact) mass is 669 g/mol. The van der Waals surface area contributed by atoms with E-state index in [1.165, 1.54) is 0 Å². The van der Waals surface area contributed by atoms with Crippen LogP contribution >= 0.6 is 0 Å². The van der Waals surface area contributed by atoms with Gasteiger partial charge in [0.2, 0.25) is 5.91 Å². The summed E-state index contributed by atoms with van der Waals surface area (Å²) in [5.74, 6) is -1.39. The lowest BCUT2D eigenvalue weighted by Crippen LogP contribution is -2.54. The van der Waals surface area contributed by atoms with Gasteiger partial charge in [0.15, 0.2) is 0 Å². The lowest BCUT2D eigenvalue weighted by molar-refractivity contribution is -0.376. The maximum Gasteiger partial charge on any atom is 0.430 e. The number of aryl methyl sites for hydroxylation is 1. The van der Waals surface area contributed by atoms with Gasteiger partial charge in [-0.25, -0.2) is 17.6 Å². The summed E-state index contributed by atoms with van der Waals surface area (Å²) in [7, 11) is -4.65. The van der Waals surface area contributed by atoms with Crippen molar-refractivity contribution in [2.45, 2.75) is 86.4 Å². The second kappa shape index (κ2) is 12.7. The predicted molar refractivity (Wildman–Crippen MR) is 145 cm³/mol. The number of hydrogen-bond donors (Lipinski definition) is 3. The Morgan fingerprint density at radius 1 is 0.956 bits per heavy atom. The minimum Gasteiger partial charge on any atom is -0.450 e. The maximum absolute atomic E-state index is 13.8. The Hall–Kier alpha value is -3.60. The van der Waals surface area contributed by atoms with Gasteiger partial charge in [-0.1, -0.05) is 12.1 Å². The summed E-state index contributed by atoms with van der Waals surface area (Å²) in [6.45, 7) is 1.75. The van der Waals surface area contributed by atoms with Gasteiger partial charge >= 0.3 is 18.4 Å². The minimum atomic E-state index is -6.16. The number of carbonyl (C=O) groups is 2. The third-order valence-electron chi connectivity index (χ3n) is 7.87. The topological polar surface area (TPSA) is 125 Å². The number of fused-ring (bicyclic) bond motifs is 1. The first kappa shape index (κ1) is 34.3. The number of aliphatic hydroxyl groups is 1. The molecule has 1 heterocycles. The van der Waals surface area contributed by atoms with Gasteiger partial charge in [0.25, 0.3) is 15.6 Å². The highest BCUT2D eigenvalue weighted by Gasteiger charge is 2.71. The molecule has 3 atom stereocenters. The minimum absolute atomic E-state index is 0.129. The van der Waals surface area contributed by atoms with Crippen molar-refractivity contribution in [1.82, 2.24) is 10.6 Å². The first-order valence-electron chi connectivity index (χ1n) is 13.9. The molecule has 2 aromatic carbocycles. The molecule has 9 nitrogen and oxygen atoms in total. The number of alkyl carbamates (subject to hydrolysis) is 1. The highest BCUT2D eigenvalue weighted by Crippen LogP contribution is 2.51. The Labute approximate surface area is 253 Å². The molecule has 1 fully saturated rings. The van der Waals surface area contributed by atoms with E-state index in [0.717, 1.165) is 28.6 Å². The highest BCUT2D eigenvalue weighted by atomic mass is 32.2. The molecule has 2 aromatic rings. The fourth-order valence-electron chi connectivity index (χ4n) is 5.69. The lowest BCUT2D eigenvalue weighted by atomic mass is 9.87. The zero-order chi connectivity index (χ0) is 33.4. The number of alkyl halides is 6. The number of nitrogens with zero attached hydrogens (tertiary/aromatic N) is 1. The zero-order valence-corrected chi connectivity index (χ0v) is 24.5. The lowest BCUT2D eigenvalue weighted by Gasteiger charge is -2.39. The number of ether oxygens (including phenoxy) is 1. The van der Waals surface area contributed by atoms with Gasteiger partial charge in [-0.05, 0) is 74.9 Å². The van der Waals surface area contributed by atoms with Gasteiger partial charge in [-0.3, -0.25) is 9.10 Å². The van der Waals surface area contributed by atoms with Gasteiger partial charge in [0.05, 0.1) is 29.3 Å². The molecule has 0 spiro atoms. The average molecular weight is 670 g/mol. The van der Waals surface area contributed by atoms with Crippen molar-refractivity contribution in [2.24, 2.45) is 0 Å². The number of sulfonamides is 1. The van der Waals surface area contributed by atoms with Crippen LogP contribution in [0.2, 0.25) is 0 Å². The molecule has 3 N–H and O–H groups in total. The van der Waals surface area contributed by atoms with Crippen LogP contribution in [0.3, 0.4) is 0 Å². The summed E-state index contributed by atoms with van der Waals surface area (Å²) in [4.78, 5) is 24.6. The summed E-state index contributed by atoms with van der Waals surface area (Å²) < 4.78 is 128. The third kappa shape index (κ3) is 6.83. The van der Waals surface area contributed by atoms with Crippen LogP contribution in [-0.4, -0.2) is 62.6 Å². The predicted octanol–water partition coefficient (Wildman–Crippen LogP) is 4.82. The Balaban J connectivity index is 1.69. The molecule has 0 radical (unpaired) electrons. The molecule has 248 valence electrons. The fraction of sp³-hybridized carbons (Fsp3) is 0.500. The van der Waals surface area contributed by atoms with Crippen molar-refractivity contribution in [1.29, 1.82) is 0 Å². The summed E-state index contributed by atoms with van der Waals surface area (Å²) in [5, 5.41) is 15.3. The number of halogens is 7. The number of nitrogens with one attached hydrogen (secondary N) is 2. The summed E-state index contributed by atoms with van der Waals surface area (Å²) >= 11 is 0. The van der Waals surface area contributed by atoms with Gasteiger partial charge < -0.3 is 20.5 Å². The molecule has 0 saturated heterocycles. The number of amides is 2. The van der Waals surface area contributed by atoms with Crippen molar-refractivity contribution in [3.63, 3.8) is 0 Å². The van der Waals surface area contributed by atoms with Crippen LogP contribution in [0.1, 0.15) is 50.2 Å². The normalized spacial score (nSPS) is 20.8. The molecule has 0 unspecified atom stereocenters. The molecular weight excluding hydrogens is 639 g/mol. The number of hydrogen-bond acceptors (Lipinski definition) is 6.